The number of rotatable bonds is 8. The first kappa shape index (κ1) is 22.8. The number of amides is 1. The van der Waals surface area contributed by atoms with Gasteiger partial charge in [-0.05, 0) is 23.8 Å². The van der Waals surface area contributed by atoms with Crippen molar-refractivity contribution in [2.24, 2.45) is 0 Å². The predicted octanol–water partition coefficient (Wildman–Crippen LogP) is 3.16. The Labute approximate surface area is 192 Å². The van der Waals surface area contributed by atoms with Crippen molar-refractivity contribution in [2.75, 3.05) is 12.4 Å². The molecule has 0 aliphatic rings. The number of carboxylic acids is 1. The molecule has 0 spiro atoms. The highest BCUT2D eigenvalue weighted by molar-refractivity contribution is 6.05. The molecule has 4 rings (SSSR count). The number of alkyl halides is 2. The van der Waals surface area contributed by atoms with Crippen molar-refractivity contribution in [3.63, 3.8) is 0 Å². The van der Waals surface area contributed by atoms with Gasteiger partial charge in [-0.15, -0.1) is 0 Å². The molecule has 0 aliphatic heterocycles. The Morgan fingerprint density at radius 1 is 1.12 bits per heavy atom. The number of halogens is 2. The number of anilines is 1. The number of fused-ring (bicyclic) bond motifs is 1. The fraction of sp³-hybridized carbons (Fsp3) is 0.167. The third-order valence-electron chi connectivity index (χ3n) is 5.18. The van der Waals surface area contributed by atoms with Crippen molar-refractivity contribution < 1.29 is 28.2 Å². The number of aromatic nitrogens is 3. The summed E-state index contributed by atoms with van der Waals surface area (Å²) >= 11 is 0. The topological polar surface area (TPSA) is 109 Å². The van der Waals surface area contributed by atoms with Gasteiger partial charge in [0.2, 0.25) is 0 Å². The number of benzene rings is 2. The summed E-state index contributed by atoms with van der Waals surface area (Å²) in [4.78, 5) is 28.1. The van der Waals surface area contributed by atoms with Gasteiger partial charge in [-0.3, -0.25) is 9.48 Å². The highest BCUT2D eigenvalue weighted by atomic mass is 19.3. The maximum atomic E-state index is 12.9. The minimum Gasteiger partial charge on any atom is -0.548 e. The first-order chi connectivity index (χ1) is 16.4. The van der Waals surface area contributed by atoms with Crippen molar-refractivity contribution in [2.45, 2.75) is 18.9 Å². The number of ether oxygens (including phenoxy) is 1. The van der Waals surface area contributed by atoms with Crippen LogP contribution in [0.4, 0.5) is 14.5 Å². The summed E-state index contributed by atoms with van der Waals surface area (Å²) in [7, 11) is 1.39. The lowest BCUT2D eigenvalue weighted by Gasteiger charge is -2.18. The summed E-state index contributed by atoms with van der Waals surface area (Å²) in [5, 5.41) is 19.3. The monoisotopic (exact) mass is 465 g/mol. The zero-order valence-corrected chi connectivity index (χ0v) is 17.9. The van der Waals surface area contributed by atoms with E-state index >= 15 is 0 Å². The number of hydrogen-bond acceptors (Lipinski definition) is 6. The van der Waals surface area contributed by atoms with E-state index in [1.807, 2.05) is 30.3 Å². The molecule has 0 bridgehead atoms. The highest BCUT2D eigenvalue weighted by Gasteiger charge is 2.19. The van der Waals surface area contributed by atoms with E-state index in [2.05, 4.69) is 15.4 Å². The van der Waals surface area contributed by atoms with Crippen LogP contribution in [0.25, 0.3) is 10.9 Å². The molecule has 1 atom stereocenters. The van der Waals surface area contributed by atoms with Gasteiger partial charge in [0.05, 0.1) is 30.3 Å². The van der Waals surface area contributed by atoms with Gasteiger partial charge < -0.3 is 20.0 Å². The molecule has 174 valence electrons. The minimum atomic E-state index is -2.81. The maximum absolute atomic E-state index is 12.9. The second-order valence-electron chi connectivity index (χ2n) is 7.45. The molecule has 34 heavy (non-hydrogen) atoms. The van der Waals surface area contributed by atoms with E-state index < -0.39 is 30.0 Å². The summed E-state index contributed by atoms with van der Waals surface area (Å²) in [6, 6.07) is 14.9. The van der Waals surface area contributed by atoms with Crippen LogP contribution in [0.1, 0.15) is 34.2 Å². The largest absolute Gasteiger partial charge is 0.548 e. The van der Waals surface area contributed by atoms with Crippen LogP contribution in [-0.4, -0.2) is 33.8 Å². The molecule has 0 saturated heterocycles. The maximum Gasteiger partial charge on any atom is 0.280 e. The van der Waals surface area contributed by atoms with E-state index in [4.69, 9.17) is 4.74 Å². The molecule has 10 heteroatoms. The van der Waals surface area contributed by atoms with Gasteiger partial charge in [0.1, 0.15) is 17.1 Å². The highest BCUT2D eigenvalue weighted by Crippen LogP contribution is 2.31. The van der Waals surface area contributed by atoms with Gasteiger partial charge in [0.25, 0.3) is 12.3 Å². The third kappa shape index (κ3) is 4.85. The van der Waals surface area contributed by atoms with Crippen LogP contribution in [0.15, 0.2) is 66.9 Å². The second-order valence-corrected chi connectivity index (χ2v) is 7.45. The molecule has 1 amide bonds. The normalized spacial score (nSPS) is 12.0. The summed E-state index contributed by atoms with van der Waals surface area (Å²) in [6.45, 7) is 0. The molecule has 0 fully saturated rings. The molecule has 8 nitrogen and oxygen atoms in total. The molecule has 2 aromatic heterocycles. The molecule has 1 unspecified atom stereocenters. The minimum absolute atomic E-state index is 0.171. The average Bonchev–Trinajstić information content (AvgIpc) is 3.24. The smallest absolute Gasteiger partial charge is 0.280 e. The Balaban J connectivity index is 1.65. The molecule has 2 aromatic carbocycles. The first-order valence-corrected chi connectivity index (χ1v) is 10.2. The average molecular weight is 465 g/mol. The van der Waals surface area contributed by atoms with Crippen molar-refractivity contribution in [3.05, 3.63) is 83.8 Å². The third-order valence-corrected chi connectivity index (χ3v) is 5.18. The van der Waals surface area contributed by atoms with Gasteiger partial charge in [0, 0.05) is 24.1 Å². The lowest BCUT2D eigenvalue weighted by molar-refractivity contribution is -0.310. The first-order valence-electron chi connectivity index (χ1n) is 10.2. The van der Waals surface area contributed by atoms with Crippen LogP contribution in [-0.2, 0) is 11.2 Å². The SMILES string of the molecule is COc1cc2nn(C(Cc3ccccc3)C(=O)[O-])cc2cc1NC(=O)c1cccc(C(F)F)n1. The van der Waals surface area contributed by atoms with Gasteiger partial charge in [-0.2, -0.15) is 5.10 Å². The molecule has 0 radical (unpaired) electrons. The standard InChI is InChI=1S/C24H20F2N4O4/c1-34-21-12-18-15(11-19(21)28-23(31)17-9-5-8-16(27-17)22(25)26)13-30(29-18)20(24(32)33)10-14-6-3-2-4-7-14/h2-9,11-13,20,22H,10H2,1H3,(H,28,31)(H,32,33)/p-1. The lowest BCUT2D eigenvalue weighted by Crippen LogP contribution is -2.35. The van der Waals surface area contributed by atoms with E-state index in [9.17, 15) is 23.5 Å². The van der Waals surface area contributed by atoms with Crippen molar-refractivity contribution in [3.8, 4) is 5.75 Å². The van der Waals surface area contributed by atoms with Crippen LogP contribution >= 0.6 is 0 Å². The molecule has 0 saturated carbocycles. The van der Waals surface area contributed by atoms with E-state index in [0.29, 0.717) is 10.9 Å². The zero-order valence-electron chi connectivity index (χ0n) is 17.9. The van der Waals surface area contributed by atoms with Crippen molar-refractivity contribution in [1.82, 2.24) is 14.8 Å². The Morgan fingerprint density at radius 2 is 1.88 bits per heavy atom. The van der Waals surface area contributed by atoms with Crippen molar-refractivity contribution >= 4 is 28.5 Å². The van der Waals surface area contributed by atoms with Crippen molar-refractivity contribution in [1.29, 1.82) is 0 Å². The number of nitrogens with zero attached hydrogens (tertiary/aromatic N) is 3. The predicted molar refractivity (Wildman–Crippen MR) is 118 cm³/mol. The number of methoxy groups -OCH3 is 1. The Kier molecular flexibility index (Phi) is 6.48. The van der Waals surface area contributed by atoms with Crippen LogP contribution < -0.4 is 15.2 Å². The van der Waals surface area contributed by atoms with Gasteiger partial charge in [-0.1, -0.05) is 36.4 Å². The van der Waals surface area contributed by atoms with Gasteiger partial charge >= 0.3 is 0 Å². The van der Waals surface area contributed by atoms with Crippen LogP contribution in [0.5, 0.6) is 5.75 Å². The fourth-order valence-corrected chi connectivity index (χ4v) is 3.51. The molecule has 0 aliphatic carbocycles. The zero-order chi connectivity index (χ0) is 24.2. The molecule has 4 aromatic rings. The number of aliphatic carboxylic acids is 1. The Morgan fingerprint density at radius 3 is 2.56 bits per heavy atom. The fourth-order valence-electron chi connectivity index (χ4n) is 3.51. The molecular formula is C24H19F2N4O4-. The van der Waals surface area contributed by atoms with E-state index in [0.717, 1.165) is 11.6 Å². The van der Waals surface area contributed by atoms with E-state index in [1.54, 1.807) is 12.1 Å². The molecular weight excluding hydrogens is 446 g/mol. The number of carboxylic acid groups (broad SMARTS) is 1. The summed E-state index contributed by atoms with van der Waals surface area (Å²) in [5.74, 6) is -1.74. The van der Waals surface area contributed by atoms with Crippen LogP contribution in [0.3, 0.4) is 0 Å². The Hall–Kier alpha value is -4.34. The quantitative estimate of drug-likeness (QED) is 0.428. The molecule has 2 heterocycles. The number of pyridine rings is 1. The lowest BCUT2D eigenvalue weighted by atomic mass is 10.1. The molecule has 1 N–H and O–H groups in total. The second kappa shape index (κ2) is 9.65. The number of hydrogen-bond donors (Lipinski definition) is 1. The van der Waals surface area contributed by atoms with Crippen LogP contribution in [0, 0.1) is 0 Å². The van der Waals surface area contributed by atoms with Gasteiger partial charge in [0.15, 0.2) is 0 Å². The van der Waals surface area contributed by atoms with Crippen LogP contribution in [0.2, 0.25) is 0 Å². The van der Waals surface area contributed by atoms with E-state index in [1.165, 1.54) is 30.1 Å². The van der Waals surface area contributed by atoms with E-state index in [-0.39, 0.29) is 23.6 Å². The summed E-state index contributed by atoms with van der Waals surface area (Å²) in [5.41, 5.74) is 0.794. The summed E-state index contributed by atoms with van der Waals surface area (Å²) < 4.78 is 32.5. The Bertz CT molecular complexity index is 1340. The number of carbonyl (C=O) groups excluding carboxylic acids is 2. The number of carbonyl (C=O) groups is 2. The number of nitrogens with one attached hydrogen (secondary N) is 1. The summed E-state index contributed by atoms with van der Waals surface area (Å²) in [6.07, 6.45) is -1.11. The van der Waals surface area contributed by atoms with Gasteiger partial charge in [-0.25, -0.2) is 13.8 Å².